The van der Waals surface area contributed by atoms with Crippen LogP contribution in [0.1, 0.15) is 45.4 Å². The van der Waals surface area contributed by atoms with Gasteiger partial charge in [-0.05, 0) is 68.9 Å². The molecule has 27 heavy (non-hydrogen) atoms. The van der Waals surface area contributed by atoms with E-state index in [4.69, 9.17) is 0 Å². The summed E-state index contributed by atoms with van der Waals surface area (Å²) >= 11 is 0. The normalized spacial score (nSPS) is 29.4. The first-order chi connectivity index (χ1) is 13.2. The van der Waals surface area contributed by atoms with Gasteiger partial charge in [-0.25, -0.2) is 0 Å². The molecule has 2 aliphatic carbocycles. The van der Waals surface area contributed by atoms with Crippen LogP contribution in [-0.4, -0.2) is 44.8 Å². The summed E-state index contributed by atoms with van der Waals surface area (Å²) < 4.78 is 1.70. The molecule has 0 aromatic carbocycles. The Morgan fingerprint density at radius 1 is 1.19 bits per heavy atom. The Bertz CT molecular complexity index is 827. The van der Waals surface area contributed by atoms with E-state index in [1.807, 2.05) is 12.1 Å². The number of carbonyl (C=O) groups is 1. The van der Waals surface area contributed by atoms with Gasteiger partial charge in [-0.15, -0.1) is 15.3 Å². The molecule has 1 aliphatic heterocycles. The van der Waals surface area contributed by atoms with E-state index in [-0.39, 0.29) is 11.8 Å². The average Bonchev–Trinajstić information content (AvgIpc) is 3.44. The molecule has 144 valence electrons. The van der Waals surface area contributed by atoms with E-state index in [0.29, 0.717) is 12.0 Å². The lowest BCUT2D eigenvalue weighted by Gasteiger charge is -2.34. The minimum atomic E-state index is 0.126. The third kappa shape index (κ3) is 3.17. The third-order valence-corrected chi connectivity index (χ3v) is 7.14. The van der Waals surface area contributed by atoms with Crippen molar-refractivity contribution < 1.29 is 4.79 Å². The number of anilines is 1. The molecule has 7 nitrogen and oxygen atoms in total. The fraction of sp³-hybridized carbons (Fsp3) is 0.700. The molecular weight excluding hydrogens is 340 g/mol. The van der Waals surface area contributed by atoms with Crippen molar-refractivity contribution in [2.24, 2.45) is 23.7 Å². The Morgan fingerprint density at radius 2 is 2.04 bits per heavy atom. The van der Waals surface area contributed by atoms with E-state index in [9.17, 15) is 4.79 Å². The SMILES string of the molecule is CC(NC(=O)C1CCN(c2ccc3nncn3n2)CC1)C1CC2CCC1C2. The Balaban J connectivity index is 1.16. The van der Waals surface area contributed by atoms with Gasteiger partial charge in [0.05, 0.1) is 0 Å². The average molecular weight is 368 g/mol. The lowest BCUT2D eigenvalue weighted by Crippen LogP contribution is -2.46. The van der Waals surface area contributed by atoms with Gasteiger partial charge >= 0.3 is 0 Å². The molecule has 2 aromatic heterocycles. The molecule has 5 rings (SSSR count). The Labute approximate surface area is 159 Å². The van der Waals surface area contributed by atoms with Crippen molar-refractivity contribution in [1.82, 2.24) is 25.1 Å². The van der Waals surface area contributed by atoms with Crippen LogP contribution in [0.5, 0.6) is 0 Å². The molecule has 4 atom stereocenters. The molecule has 1 amide bonds. The lowest BCUT2D eigenvalue weighted by molar-refractivity contribution is -0.126. The maximum absolute atomic E-state index is 12.8. The van der Waals surface area contributed by atoms with Gasteiger partial charge in [0.25, 0.3) is 0 Å². The van der Waals surface area contributed by atoms with Crippen LogP contribution in [-0.2, 0) is 4.79 Å². The number of hydrogen-bond acceptors (Lipinski definition) is 5. The second kappa shape index (κ2) is 6.77. The monoisotopic (exact) mass is 368 g/mol. The first kappa shape index (κ1) is 17.0. The molecule has 0 spiro atoms. The van der Waals surface area contributed by atoms with Gasteiger partial charge in [0.15, 0.2) is 5.65 Å². The van der Waals surface area contributed by atoms with Gasteiger partial charge < -0.3 is 10.2 Å². The minimum Gasteiger partial charge on any atom is -0.355 e. The third-order valence-electron chi connectivity index (χ3n) is 7.14. The van der Waals surface area contributed by atoms with E-state index < -0.39 is 0 Å². The highest BCUT2D eigenvalue weighted by Gasteiger charge is 2.42. The number of amides is 1. The highest BCUT2D eigenvalue weighted by molar-refractivity contribution is 5.79. The molecule has 3 aliphatic rings. The number of piperidine rings is 1. The Morgan fingerprint density at radius 3 is 2.78 bits per heavy atom. The van der Waals surface area contributed by atoms with Gasteiger partial charge in [0, 0.05) is 25.0 Å². The van der Waals surface area contributed by atoms with Crippen LogP contribution in [0.2, 0.25) is 0 Å². The van der Waals surface area contributed by atoms with Crippen molar-refractivity contribution in [1.29, 1.82) is 0 Å². The predicted molar refractivity (Wildman–Crippen MR) is 102 cm³/mol. The number of rotatable bonds is 4. The van der Waals surface area contributed by atoms with E-state index in [1.165, 1.54) is 25.7 Å². The first-order valence-corrected chi connectivity index (χ1v) is 10.4. The summed E-state index contributed by atoms with van der Waals surface area (Å²) in [5, 5.41) is 15.8. The molecule has 3 fully saturated rings. The van der Waals surface area contributed by atoms with Crippen molar-refractivity contribution in [2.75, 3.05) is 18.0 Å². The van der Waals surface area contributed by atoms with E-state index in [1.54, 1.807) is 10.8 Å². The van der Waals surface area contributed by atoms with Crippen LogP contribution in [0.15, 0.2) is 18.5 Å². The van der Waals surface area contributed by atoms with Crippen LogP contribution >= 0.6 is 0 Å². The fourth-order valence-corrected chi connectivity index (χ4v) is 5.61. The van der Waals surface area contributed by atoms with Gasteiger partial charge in [0.1, 0.15) is 12.1 Å². The number of nitrogens with one attached hydrogen (secondary N) is 1. The van der Waals surface area contributed by atoms with Gasteiger partial charge in [-0.2, -0.15) is 4.52 Å². The summed E-state index contributed by atoms with van der Waals surface area (Å²) in [5.41, 5.74) is 0.752. The Kier molecular flexibility index (Phi) is 4.25. The largest absolute Gasteiger partial charge is 0.355 e. The summed E-state index contributed by atoms with van der Waals surface area (Å²) in [7, 11) is 0. The molecule has 1 N–H and O–H groups in total. The van der Waals surface area contributed by atoms with Crippen LogP contribution in [0.3, 0.4) is 0 Å². The summed E-state index contributed by atoms with van der Waals surface area (Å²) in [6.07, 6.45) is 8.90. The summed E-state index contributed by atoms with van der Waals surface area (Å²) in [5.74, 6) is 3.79. The van der Waals surface area contributed by atoms with Crippen molar-refractivity contribution in [3.8, 4) is 0 Å². The molecule has 0 radical (unpaired) electrons. The summed E-state index contributed by atoms with van der Waals surface area (Å²) in [6, 6.07) is 4.25. The summed E-state index contributed by atoms with van der Waals surface area (Å²) in [4.78, 5) is 15.0. The molecule has 2 aromatic rings. The Hall–Kier alpha value is -2.18. The minimum absolute atomic E-state index is 0.126. The molecule has 1 saturated heterocycles. The predicted octanol–water partition coefficient (Wildman–Crippen LogP) is 2.28. The number of nitrogens with zero attached hydrogens (tertiary/aromatic N) is 5. The molecule has 2 saturated carbocycles. The summed E-state index contributed by atoms with van der Waals surface area (Å²) in [6.45, 7) is 3.94. The maximum Gasteiger partial charge on any atom is 0.223 e. The second-order valence-electron chi connectivity index (χ2n) is 8.72. The number of hydrogen-bond donors (Lipinski definition) is 1. The van der Waals surface area contributed by atoms with Gasteiger partial charge in [-0.3, -0.25) is 4.79 Å². The standard InChI is InChI=1S/C20H28N6O/c1-13(17-11-14-2-3-16(17)10-14)22-20(27)15-6-8-25(9-7-15)19-5-4-18-23-21-12-26(18)24-19/h4-5,12-17H,2-3,6-11H2,1H3,(H,22,27). The van der Waals surface area contributed by atoms with Gasteiger partial charge in [-0.1, -0.05) is 6.42 Å². The zero-order chi connectivity index (χ0) is 18.4. The maximum atomic E-state index is 12.8. The molecular formula is C20H28N6O. The van der Waals surface area contributed by atoms with Crippen LogP contribution in [0, 0.1) is 23.7 Å². The van der Waals surface area contributed by atoms with Crippen molar-refractivity contribution >= 4 is 17.4 Å². The molecule has 2 bridgehead atoms. The first-order valence-electron chi connectivity index (χ1n) is 10.4. The van der Waals surface area contributed by atoms with E-state index >= 15 is 0 Å². The fourth-order valence-electron chi connectivity index (χ4n) is 5.61. The zero-order valence-electron chi connectivity index (χ0n) is 15.9. The van der Waals surface area contributed by atoms with E-state index in [2.05, 4.69) is 32.4 Å². The van der Waals surface area contributed by atoms with Crippen molar-refractivity contribution in [3.05, 3.63) is 18.5 Å². The second-order valence-corrected chi connectivity index (χ2v) is 8.72. The number of fused-ring (bicyclic) bond motifs is 3. The zero-order valence-corrected chi connectivity index (χ0v) is 15.9. The van der Waals surface area contributed by atoms with Crippen LogP contribution in [0.25, 0.3) is 5.65 Å². The van der Waals surface area contributed by atoms with E-state index in [0.717, 1.165) is 49.2 Å². The van der Waals surface area contributed by atoms with Gasteiger partial charge in [0.2, 0.25) is 5.91 Å². The molecule has 4 unspecified atom stereocenters. The van der Waals surface area contributed by atoms with Crippen molar-refractivity contribution in [3.63, 3.8) is 0 Å². The molecule has 7 heteroatoms. The quantitative estimate of drug-likeness (QED) is 0.896. The van der Waals surface area contributed by atoms with Crippen LogP contribution in [0.4, 0.5) is 5.82 Å². The molecule has 3 heterocycles. The lowest BCUT2D eigenvalue weighted by atomic mass is 9.83. The highest BCUT2D eigenvalue weighted by Crippen LogP contribution is 2.49. The number of aromatic nitrogens is 4. The topological polar surface area (TPSA) is 75.4 Å². The number of carbonyl (C=O) groups excluding carboxylic acids is 1. The van der Waals surface area contributed by atoms with Crippen molar-refractivity contribution in [2.45, 2.75) is 51.5 Å². The highest BCUT2D eigenvalue weighted by atomic mass is 16.1. The van der Waals surface area contributed by atoms with Crippen LogP contribution < -0.4 is 10.2 Å². The smallest absolute Gasteiger partial charge is 0.223 e.